The number of ether oxygens (including phenoxy) is 2. The lowest BCUT2D eigenvalue weighted by Crippen LogP contribution is -2.72. The number of para-hydroxylation sites is 2. The van der Waals surface area contributed by atoms with Crippen molar-refractivity contribution in [2.45, 2.75) is 39.5 Å². The number of nitrogens with one attached hydrogen (secondary N) is 2. The molecule has 0 spiro atoms. The highest BCUT2D eigenvalue weighted by molar-refractivity contribution is 7.80. The van der Waals surface area contributed by atoms with Gasteiger partial charge in [-0.1, -0.05) is 48.0 Å². The second kappa shape index (κ2) is 8.57. The van der Waals surface area contributed by atoms with Crippen LogP contribution in [0.15, 0.2) is 60.7 Å². The van der Waals surface area contributed by atoms with Crippen LogP contribution in [0.4, 0.5) is 11.4 Å². The van der Waals surface area contributed by atoms with Crippen LogP contribution in [0.25, 0.3) is 0 Å². The van der Waals surface area contributed by atoms with Crippen LogP contribution in [-0.2, 0) is 4.79 Å². The van der Waals surface area contributed by atoms with Crippen molar-refractivity contribution in [2.75, 3.05) is 17.3 Å². The number of methoxy groups -OCH3 is 1. The van der Waals surface area contributed by atoms with E-state index < -0.39 is 17.7 Å². The Labute approximate surface area is 211 Å². The summed E-state index contributed by atoms with van der Waals surface area (Å²) in [4.78, 5) is 16.0. The van der Waals surface area contributed by atoms with Crippen LogP contribution in [0.5, 0.6) is 11.5 Å². The molecule has 5 rings (SSSR count). The van der Waals surface area contributed by atoms with Gasteiger partial charge in [-0.2, -0.15) is 0 Å². The molecule has 6 nitrogen and oxygen atoms in total. The Hall–Kier alpha value is -3.58. The Morgan fingerprint density at radius 3 is 2.57 bits per heavy atom. The smallest absolute Gasteiger partial charge is 0.236 e. The molecule has 0 aliphatic carbocycles. The van der Waals surface area contributed by atoms with Crippen LogP contribution < -0.4 is 25.0 Å². The number of amides is 1. The largest absolute Gasteiger partial charge is 0.493 e. The minimum absolute atomic E-state index is 0.147. The SMILES string of the molecule is COc1cccc2c1O[C@@]1(C)[C@H](C(=O)Nc3ccc(C)cc3C)[C@@H]2NC(=S)N1c1ccccc1C. The third-order valence-corrected chi connectivity index (χ3v) is 7.29. The predicted molar refractivity (Wildman–Crippen MR) is 142 cm³/mol. The quantitative estimate of drug-likeness (QED) is 0.479. The Bertz CT molecular complexity index is 1340. The lowest BCUT2D eigenvalue weighted by Gasteiger charge is -2.56. The summed E-state index contributed by atoms with van der Waals surface area (Å²) in [6, 6.07) is 19.3. The molecule has 2 bridgehead atoms. The summed E-state index contributed by atoms with van der Waals surface area (Å²) in [5.41, 5.74) is 4.57. The van der Waals surface area contributed by atoms with Crippen molar-refractivity contribution in [3.63, 3.8) is 0 Å². The standard InChI is InChI=1S/C28H29N3O3S/c1-16-13-14-20(18(3)15-16)29-26(32)23-24-19-10-8-12-22(33-5)25(19)34-28(23,4)31(27(35)30-24)21-11-7-6-9-17(21)2/h6-15,23-24H,1-5H3,(H,29,32)(H,30,35)/t23-,24+,28-/m0/s1. The van der Waals surface area contributed by atoms with Gasteiger partial charge in [0.25, 0.3) is 0 Å². The molecule has 1 fully saturated rings. The number of nitrogens with zero attached hydrogens (tertiary/aromatic N) is 1. The number of carbonyl (C=O) groups excluding carboxylic acids is 1. The molecule has 0 saturated carbocycles. The molecule has 1 amide bonds. The van der Waals surface area contributed by atoms with Gasteiger partial charge in [0.2, 0.25) is 5.91 Å². The topological polar surface area (TPSA) is 62.8 Å². The van der Waals surface area contributed by atoms with Gasteiger partial charge >= 0.3 is 0 Å². The fraction of sp³-hybridized carbons (Fsp3) is 0.286. The molecule has 2 heterocycles. The Balaban J connectivity index is 1.66. The van der Waals surface area contributed by atoms with Crippen molar-refractivity contribution in [1.29, 1.82) is 0 Å². The number of aryl methyl sites for hydroxylation is 3. The van der Waals surface area contributed by atoms with Crippen molar-refractivity contribution in [2.24, 2.45) is 5.92 Å². The van der Waals surface area contributed by atoms with E-state index >= 15 is 0 Å². The van der Waals surface area contributed by atoms with E-state index in [1.54, 1.807) is 7.11 Å². The molecule has 2 N–H and O–H groups in total. The number of rotatable bonds is 4. The van der Waals surface area contributed by atoms with E-state index in [1.807, 2.05) is 87.2 Å². The normalized spacial score (nSPS) is 22.5. The van der Waals surface area contributed by atoms with Gasteiger partial charge in [-0.05, 0) is 69.2 Å². The molecule has 2 aliphatic rings. The summed E-state index contributed by atoms with van der Waals surface area (Å²) >= 11 is 5.86. The van der Waals surface area contributed by atoms with Crippen LogP contribution in [0.3, 0.4) is 0 Å². The molecule has 3 aromatic carbocycles. The summed E-state index contributed by atoms with van der Waals surface area (Å²) in [6.07, 6.45) is 0. The zero-order valence-electron chi connectivity index (χ0n) is 20.5. The molecular formula is C28H29N3O3S. The zero-order valence-corrected chi connectivity index (χ0v) is 21.3. The maximum Gasteiger partial charge on any atom is 0.236 e. The van der Waals surface area contributed by atoms with Gasteiger partial charge in [-0.25, -0.2) is 0 Å². The summed E-state index contributed by atoms with van der Waals surface area (Å²) in [5.74, 6) is 0.471. The molecule has 35 heavy (non-hydrogen) atoms. The molecule has 0 unspecified atom stereocenters. The van der Waals surface area contributed by atoms with Gasteiger partial charge in [0.1, 0.15) is 5.92 Å². The number of benzene rings is 3. The van der Waals surface area contributed by atoms with E-state index in [-0.39, 0.29) is 5.91 Å². The molecular weight excluding hydrogens is 458 g/mol. The number of thiocarbonyl (C=S) groups is 1. The third-order valence-electron chi connectivity index (χ3n) is 6.99. The first kappa shape index (κ1) is 23.2. The van der Waals surface area contributed by atoms with Gasteiger partial charge in [0, 0.05) is 16.9 Å². The number of hydrogen-bond donors (Lipinski definition) is 2. The highest BCUT2D eigenvalue weighted by atomic mass is 32.1. The first-order valence-corrected chi connectivity index (χ1v) is 12.1. The minimum atomic E-state index is -1.11. The molecule has 2 aliphatic heterocycles. The van der Waals surface area contributed by atoms with Gasteiger partial charge in [0.15, 0.2) is 22.3 Å². The molecule has 3 atom stereocenters. The lowest BCUT2D eigenvalue weighted by atomic mass is 9.78. The van der Waals surface area contributed by atoms with Crippen LogP contribution in [0.2, 0.25) is 0 Å². The first-order chi connectivity index (χ1) is 16.7. The maximum absolute atomic E-state index is 14.0. The van der Waals surface area contributed by atoms with E-state index in [4.69, 9.17) is 21.7 Å². The number of fused-ring (bicyclic) bond motifs is 4. The second-order valence-electron chi connectivity index (χ2n) is 9.37. The fourth-order valence-corrected chi connectivity index (χ4v) is 5.68. The lowest BCUT2D eigenvalue weighted by molar-refractivity contribution is -0.130. The Kier molecular flexibility index (Phi) is 5.68. The predicted octanol–water partition coefficient (Wildman–Crippen LogP) is 5.42. The number of carbonyl (C=O) groups is 1. The van der Waals surface area contributed by atoms with Crippen molar-refractivity contribution in [1.82, 2.24) is 5.32 Å². The second-order valence-corrected chi connectivity index (χ2v) is 9.76. The molecule has 7 heteroatoms. The summed E-state index contributed by atoms with van der Waals surface area (Å²) in [6.45, 7) is 7.99. The van der Waals surface area contributed by atoms with Gasteiger partial charge in [-0.3, -0.25) is 9.69 Å². The molecule has 3 aromatic rings. The van der Waals surface area contributed by atoms with Crippen molar-refractivity contribution in [3.8, 4) is 11.5 Å². The van der Waals surface area contributed by atoms with Gasteiger partial charge in [0.05, 0.1) is 13.2 Å². The average molecular weight is 488 g/mol. The van der Waals surface area contributed by atoms with Crippen LogP contribution >= 0.6 is 12.2 Å². The van der Waals surface area contributed by atoms with E-state index in [9.17, 15) is 4.79 Å². The Morgan fingerprint density at radius 1 is 1.09 bits per heavy atom. The fourth-order valence-electron chi connectivity index (χ4n) is 5.27. The summed E-state index contributed by atoms with van der Waals surface area (Å²) in [7, 11) is 1.62. The van der Waals surface area contributed by atoms with Crippen LogP contribution in [0, 0.1) is 26.7 Å². The minimum Gasteiger partial charge on any atom is -0.493 e. The van der Waals surface area contributed by atoms with E-state index in [1.165, 1.54) is 0 Å². The van der Waals surface area contributed by atoms with Gasteiger partial charge in [-0.15, -0.1) is 0 Å². The van der Waals surface area contributed by atoms with E-state index in [0.29, 0.717) is 16.6 Å². The van der Waals surface area contributed by atoms with Crippen molar-refractivity contribution < 1.29 is 14.3 Å². The van der Waals surface area contributed by atoms with Gasteiger partial charge < -0.3 is 20.1 Å². The average Bonchev–Trinajstić information content (AvgIpc) is 2.81. The number of anilines is 2. The summed E-state index contributed by atoms with van der Waals surface area (Å²) < 4.78 is 12.4. The van der Waals surface area contributed by atoms with Crippen molar-refractivity contribution in [3.05, 3.63) is 82.9 Å². The van der Waals surface area contributed by atoms with Crippen LogP contribution in [0.1, 0.15) is 35.2 Å². The highest BCUT2D eigenvalue weighted by Gasteiger charge is 2.59. The molecule has 1 saturated heterocycles. The Morgan fingerprint density at radius 2 is 1.86 bits per heavy atom. The first-order valence-electron chi connectivity index (χ1n) is 11.6. The molecule has 180 valence electrons. The number of hydrogen-bond acceptors (Lipinski definition) is 4. The molecule has 0 aromatic heterocycles. The van der Waals surface area contributed by atoms with Crippen LogP contribution in [-0.4, -0.2) is 23.9 Å². The van der Waals surface area contributed by atoms with Crippen molar-refractivity contribution >= 4 is 34.6 Å². The van der Waals surface area contributed by atoms with E-state index in [2.05, 4.69) is 16.7 Å². The zero-order chi connectivity index (χ0) is 24.9. The monoisotopic (exact) mass is 487 g/mol. The third kappa shape index (κ3) is 3.71. The maximum atomic E-state index is 14.0. The molecule has 0 radical (unpaired) electrons. The summed E-state index contributed by atoms with van der Waals surface area (Å²) in [5, 5.41) is 7.13. The van der Waals surface area contributed by atoms with E-state index in [0.717, 1.165) is 33.6 Å². The highest BCUT2D eigenvalue weighted by Crippen LogP contribution is 2.52.